The topological polar surface area (TPSA) is 64.1 Å². The standard InChI is InChI=1S/C11H17N3O2S/c1-4-5-12-11-13-6-8(2)10(14-11)17-7-9(15)16-3/h6H,4-5,7H2,1-3H3,(H,12,13,14). The molecule has 0 bridgehead atoms. The molecule has 6 heteroatoms. The van der Waals surface area contributed by atoms with Crippen molar-refractivity contribution in [2.45, 2.75) is 25.3 Å². The molecule has 0 saturated carbocycles. The SMILES string of the molecule is CCCNc1ncc(C)c(SCC(=O)OC)n1. The van der Waals surface area contributed by atoms with Crippen LogP contribution in [0.1, 0.15) is 18.9 Å². The molecule has 0 spiro atoms. The first-order valence-electron chi connectivity index (χ1n) is 5.44. The Balaban J connectivity index is 2.65. The quantitative estimate of drug-likeness (QED) is 0.475. The summed E-state index contributed by atoms with van der Waals surface area (Å²) in [6, 6.07) is 0. The van der Waals surface area contributed by atoms with Gasteiger partial charge in [-0.05, 0) is 18.9 Å². The van der Waals surface area contributed by atoms with Crippen LogP contribution in [0.4, 0.5) is 5.95 Å². The molecule has 17 heavy (non-hydrogen) atoms. The number of hydrogen-bond donors (Lipinski definition) is 1. The average molecular weight is 255 g/mol. The molecule has 0 aromatic carbocycles. The molecule has 1 aromatic heterocycles. The Kier molecular flexibility index (Phi) is 5.76. The van der Waals surface area contributed by atoms with Crippen LogP contribution in [0, 0.1) is 6.92 Å². The highest BCUT2D eigenvalue weighted by Gasteiger charge is 2.07. The van der Waals surface area contributed by atoms with Crippen molar-refractivity contribution in [2.24, 2.45) is 0 Å². The largest absolute Gasteiger partial charge is 0.468 e. The number of nitrogens with one attached hydrogen (secondary N) is 1. The van der Waals surface area contributed by atoms with E-state index in [9.17, 15) is 4.79 Å². The number of esters is 1. The zero-order valence-electron chi connectivity index (χ0n) is 10.3. The van der Waals surface area contributed by atoms with E-state index in [1.807, 2.05) is 6.92 Å². The number of aryl methyl sites for hydroxylation is 1. The van der Waals surface area contributed by atoms with E-state index in [4.69, 9.17) is 0 Å². The zero-order chi connectivity index (χ0) is 12.7. The van der Waals surface area contributed by atoms with Crippen molar-refractivity contribution in [1.82, 2.24) is 9.97 Å². The Labute approximate surface area is 105 Å². The Morgan fingerprint density at radius 3 is 3.00 bits per heavy atom. The molecule has 0 aliphatic carbocycles. The third-order valence-corrected chi connectivity index (χ3v) is 3.08. The Morgan fingerprint density at radius 2 is 2.35 bits per heavy atom. The van der Waals surface area contributed by atoms with Gasteiger partial charge in [0, 0.05) is 12.7 Å². The molecule has 0 radical (unpaired) electrons. The maximum absolute atomic E-state index is 11.1. The van der Waals surface area contributed by atoms with Gasteiger partial charge in [0.15, 0.2) is 0 Å². The molecule has 1 aromatic rings. The van der Waals surface area contributed by atoms with E-state index in [1.54, 1.807) is 6.20 Å². The van der Waals surface area contributed by atoms with Crippen molar-refractivity contribution in [1.29, 1.82) is 0 Å². The van der Waals surface area contributed by atoms with Gasteiger partial charge in [-0.2, -0.15) is 0 Å². The predicted octanol–water partition coefficient (Wildman–Crippen LogP) is 1.87. The molecule has 1 rings (SSSR count). The lowest BCUT2D eigenvalue weighted by Gasteiger charge is -2.07. The normalized spacial score (nSPS) is 10.1. The van der Waals surface area contributed by atoms with E-state index >= 15 is 0 Å². The van der Waals surface area contributed by atoms with E-state index in [1.165, 1.54) is 18.9 Å². The number of carbonyl (C=O) groups is 1. The molecule has 0 fully saturated rings. The molecule has 0 unspecified atom stereocenters. The lowest BCUT2D eigenvalue weighted by molar-refractivity contribution is -0.137. The monoisotopic (exact) mass is 255 g/mol. The molecular formula is C11H17N3O2S. The van der Waals surface area contributed by atoms with Crippen LogP contribution in [0.25, 0.3) is 0 Å². The van der Waals surface area contributed by atoms with Crippen molar-refractivity contribution in [3.8, 4) is 0 Å². The predicted molar refractivity (Wildman–Crippen MR) is 68.3 cm³/mol. The highest BCUT2D eigenvalue weighted by Crippen LogP contribution is 2.20. The minimum Gasteiger partial charge on any atom is -0.468 e. The van der Waals surface area contributed by atoms with Gasteiger partial charge < -0.3 is 10.1 Å². The van der Waals surface area contributed by atoms with Crippen LogP contribution in [-0.4, -0.2) is 35.3 Å². The summed E-state index contributed by atoms with van der Waals surface area (Å²) in [7, 11) is 1.38. The molecule has 1 N–H and O–H groups in total. The third-order valence-electron chi connectivity index (χ3n) is 2.01. The highest BCUT2D eigenvalue weighted by atomic mass is 32.2. The summed E-state index contributed by atoms with van der Waals surface area (Å²) in [5.41, 5.74) is 0.959. The fourth-order valence-electron chi connectivity index (χ4n) is 1.08. The number of hydrogen-bond acceptors (Lipinski definition) is 6. The van der Waals surface area contributed by atoms with E-state index < -0.39 is 0 Å². The highest BCUT2D eigenvalue weighted by molar-refractivity contribution is 7.99. The summed E-state index contributed by atoms with van der Waals surface area (Å²) >= 11 is 1.36. The maximum Gasteiger partial charge on any atom is 0.316 e. The summed E-state index contributed by atoms with van der Waals surface area (Å²) < 4.78 is 4.59. The number of thioether (sulfide) groups is 1. The fraction of sp³-hybridized carbons (Fsp3) is 0.545. The summed E-state index contributed by atoms with van der Waals surface area (Å²) in [5.74, 6) is 0.613. The Hall–Kier alpha value is -1.30. The first-order chi connectivity index (χ1) is 8.17. The second kappa shape index (κ2) is 7.11. The number of carbonyl (C=O) groups excluding carboxylic acids is 1. The van der Waals surface area contributed by atoms with Crippen LogP contribution in [0.15, 0.2) is 11.2 Å². The summed E-state index contributed by atoms with van der Waals surface area (Å²) in [4.78, 5) is 19.6. The number of anilines is 1. The smallest absolute Gasteiger partial charge is 0.316 e. The first kappa shape index (κ1) is 13.8. The molecule has 0 amide bonds. The number of methoxy groups -OCH3 is 1. The fourth-order valence-corrected chi connectivity index (χ4v) is 1.88. The molecule has 0 atom stereocenters. The van der Waals surface area contributed by atoms with Crippen molar-refractivity contribution in [2.75, 3.05) is 24.7 Å². The molecule has 0 aliphatic heterocycles. The van der Waals surface area contributed by atoms with E-state index in [0.29, 0.717) is 5.95 Å². The van der Waals surface area contributed by atoms with E-state index in [-0.39, 0.29) is 11.7 Å². The number of ether oxygens (including phenoxy) is 1. The zero-order valence-corrected chi connectivity index (χ0v) is 11.1. The second-order valence-corrected chi connectivity index (χ2v) is 4.44. The van der Waals surface area contributed by atoms with E-state index in [0.717, 1.165) is 23.6 Å². The van der Waals surface area contributed by atoms with Crippen LogP contribution in [0.2, 0.25) is 0 Å². The van der Waals surface area contributed by atoms with Crippen LogP contribution in [0.3, 0.4) is 0 Å². The molecule has 5 nitrogen and oxygen atoms in total. The molecule has 94 valence electrons. The van der Waals surface area contributed by atoms with Crippen molar-refractivity contribution < 1.29 is 9.53 Å². The number of nitrogens with zero attached hydrogens (tertiary/aromatic N) is 2. The lowest BCUT2D eigenvalue weighted by Crippen LogP contribution is -2.07. The van der Waals surface area contributed by atoms with Gasteiger partial charge in [-0.15, -0.1) is 0 Å². The van der Waals surface area contributed by atoms with Gasteiger partial charge in [0.1, 0.15) is 5.03 Å². The van der Waals surface area contributed by atoms with Crippen molar-refractivity contribution >= 4 is 23.7 Å². The third kappa shape index (κ3) is 4.60. The van der Waals surface area contributed by atoms with Crippen LogP contribution < -0.4 is 5.32 Å². The van der Waals surface area contributed by atoms with Gasteiger partial charge in [-0.1, -0.05) is 18.7 Å². The number of aromatic nitrogens is 2. The van der Waals surface area contributed by atoms with Gasteiger partial charge in [0.2, 0.25) is 5.95 Å². The minimum atomic E-state index is -0.254. The second-order valence-electron chi connectivity index (χ2n) is 3.47. The summed E-state index contributed by atoms with van der Waals surface area (Å²) in [6.07, 6.45) is 2.77. The van der Waals surface area contributed by atoms with Gasteiger partial charge in [-0.3, -0.25) is 4.79 Å². The minimum absolute atomic E-state index is 0.254. The van der Waals surface area contributed by atoms with Gasteiger partial charge in [-0.25, -0.2) is 9.97 Å². The first-order valence-corrected chi connectivity index (χ1v) is 6.43. The van der Waals surface area contributed by atoms with Crippen molar-refractivity contribution in [3.63, 3.8) is 0 Å². The molecular weight excluding hydrogens is 238 g/mol. The Morgan fingerprint density at radius 1 is 1.59 bits per heavy atom. The lowest BCUT2D eigenvalue weighted by atomic mass is 10.4. The van der Waals surface area contributed by atoms with Crippen LogP contribution in [0.5, 0.6) is 0 Å². The summed E-state index contributed by atoms with van der Waals surface area (Å²) in [6.45, 7) is 4.83. The van der Waals surface area contributed by atoms with E-state index in [2.05, 4.69) is 26.9 Å². The van der Waals surface area contributed by atoms with Crippen LogP contribution in [-0.2, 0) is 9.53 Å². The van der Waals surface area contributed by atoms with Gasteiger partial charge >= 0.3 is 5.97 Å². The average Bonchev–Trinajstić information content (AvgIpc) is 2.35. The Bertz CT molecular complexity index is 385. The molecule has 1 heterocycles. The van der Waals surface area contributed by atoms with Gasteiger partial charge in [0.25, 0.3) is 0 Å². The number of rotatable bonds is 6. The summed E-state index contributed by atoms with van der Waals surface area (Å²) in [5, 5.41) is 3.92. The maximum atomic E-state index is 11.1. The molecule has 0 aliphatic rings. The molecule has 0 saturated heterocycles. The van der Waals surface area contributed by atoms with Gasteiger partial charge in [0.05, 0.1) is 12.9 Å². The van der Waals surface area contributed by atoms with Crippen LogP contribution >= 0.6 is 11.8 Å². The van der Waals surface area contributed by atoms with Crippen molar-refractivity contribution in [3.05, 3.63) is 11.8 Å².